The van der Waals surface area contributed by atoms with Gasteiger partial charge in [-0.05, 0) is 69.4 Å². The largest absolute Gasteiger partial charge is 0.340 e. The van der Waals surface area contributed by atoms with Crippen LogP contribution in [0.5, 0.6) is 0 Å². The topological polar surface area (TPSA) is 53.4 Å². The van der Waals surface area contributed by atoms with E-state index in [2.05, 4.69) is 41.1 Å². The molecular formula is C30H34FN5OS. The van der Waals surface area contributed by atoms with E-state index in [1.165, 1.54) is 17.7 Å². The summed E-state index contributed by atoms with van der Waals surface area (Å²) in [6.45, 7) is 3.68. The minimum atomic E-state index is -0.286. The highest BCUT2D eigenvalue weighted by molar-refractivity contribution is 7.59. The Morgan fingerprint density at radius 2 is 1.68 bits per heavy atom. The Hall–Kier alpha value is -3.62. The van der Waals surface area contributed by atoms with Crippen LogP contribution in [0.1, 0.15) is 17.0 Å². The summed E-state index contributed by atoms with van der Waals surface area (Å²) in [5, 5.41) is 3.53. The second-order valence-electron chi connectivity index (χ2n) is 9.80. The van der Waals surface area contributed by atoms with Crippen LogP contribution in [-0.2, 0) is 24.3 Å². The molecule has 1 atom stereocenters. The Kier molecular flexibility index (Phi) is 8.54. The van der Waals surface area contributed by atoms with Gasteiger partial charge in [-0.3, -0.25) is 9.69 Å². The Morgan fingerprint density at radius 3 is 2.34 bits per heavy atom. The molecule has 1 amide bonds. The summed E-state index contributed by atoms with van der Waals surface area (Å²) in [5.41, 5.74) is 4.84. The average Bonchev–Trinajstić information content (AvgIpc) is 3.26. The number of anilines is 2. The molecule has 3 aromatic carbocycles. The van der Waals surface area contributed by atoms with Gasteiger partial charge in [0.25, 0.3) is 0 Å². The molecule has 0 saturated carbocycles. The summed E-state index contributed by atoms with van der Waals surface area (Å²) in [6.07, 6.45) is 0.651. The first-order chi connectivity index (χ1) is 17.9. The molecule has 4 aromatic rings. The number of imidazole rings is 1. The van der Waals surface area contributed by atoms with E-state index in [1.54, 1.807) is 12.1 Å². The molecule has 5 rings (SSSR count). The summed E-state index contributed by atoms with van der Waals surface area (Å²) >= 11 is 0. The van der Waals surface area contributed by atoms with Gasteiger partial charge in [0.1, 0.15) is 23.2 Å². The van der Waals surface area contributed by atoms with Crippen LogP contribution in [0, 0.1) is 12.7 Å². The quantitative estimate of drug-likeness (QED) is 0.349. The van der Waals surface area contributed by atoms with Crippen molar-refractivity contribution in [1.29, 1.82) is 0 Å². The maximum absolute atomic E-state index is 13.7. The molecule has 1 aliphatic rings. The highest BCUT2D eigenvalue weighted by Gasteiger charge is 2.31. The number of benzene rings is 3. The zero-order chi connectivity index (χ0) is 25.9. The smallest absolute Gasteiger partial charge is 0.240 e. The Bertz CT molecular complexity index is 1370. The number of carbonyl (C=O) groups is 1. The summed E-state index contributed by atoms with van der Waals surface area (Å²) in [6, 6.07) is 24.4. The number of carbonyl (C=O) groups excluding carboxylic acids is 1. The Balaban J connectivity index is 0.00000336. The molecule has 0 aliphatic carbocycles. The summed E-state index contributed by atoms with van der Waals surface area (Å²) in [5.74, 6) is 1.47. The molecule has 0 fully saturated rings. The predicted octanol–water partition coefficient (Wildman–Crippen LogP) is 5.37. The first-order valence-electron chi connectivity index (χ1n) is 12.6. The highest BCUT2D eigenvalue weighted by atomic mass is 32.1. The number of amides is 1. The fourth-order valence-electron chi connectivity index (χ4n) is 4.77. The number of halogens is 1. The van der Waals surface area contributed by atoms with Gasteiger partial charge in [0.05, 0.1) is 12.6 Å². The van der Waals surface area contributed by atoms with Gasteiger partial charge in [0.15, 0.2) is 0 Å². The van der Waals surface area contributed by atoms with Crippen molar-refractivity contribution in [2.45, 2.75) is 32.5 Å². The van der Waals surface area contributed by atoms with Gasteiger partial charge in [-0.1, -0.05) is 48.0 Å². The van der Waals surface area contributed by atoms with E-state index in [0.29, 0.717) is 26.1 Å². The minimum Gasteiger partial charge on any atom is -0.340 e. The molecule has 2 heterocycles. The minimum absolute atomic E-state index is 0. The van der Waals surface area contributed by atoms with E-state index in [4.69, 9.17) is 4.98 Å². The third kappa shape index (κ3) is 5.92. The lowest BCUT2D eigenvalue weighted by Gasteiger charge is -2.33. The number of hydrogen-bond donors (Lipinski definition) is 1. The lowest BCUT2D eigenvalue weighted by Crippen LogP contribution is -2.49. The van der Waals surface area contributed by atoms with Gasteiger partial charge >= 0.3 is 0 Å². The lowest BCUT2D eigenvalue weighted by atomic mass is 10.0. The first kappa shape index (κ1) is 27.4. The normalized spacial score (nSPS) is 13.6. The standard InChI is InChI=1S/C30H32FN5O.H2S/c1-21-9-15-25(16-10-21)32-29-28(23-11-13-24(31)14-12-23)33-27-20-35(17-18-36(27)29)30(37)26(34(2)3)19-22-7-5-4-6-8-22;/h4-16,26,32H,17-20H2,1-3H3;1H2/t26-;/m0./s1. The van der Waals surface area contributed by atoms with Crippen LogP contribution >= 0.6 is 13.5 Å². The second-order valence-corrected chi connectivity index (χ2v) is 9.80. The van der Waals surface area contributed by atoms with E-state index in [0.717, 1.165) is 34.2 Å². The molecule has 1 aromatic heterocycles. The third-order valence-electron chi connectivity index (χ3n) is 6.90. The number of fused-ring (bicyclic) bond motifs is 1. The fourth-order valence-corrected chi connectivity index (χ4v) is 4.77. The molecule has 1 N–H and O–H groups in total. The fraction of sp³-hybridized carbons (Fsp3) is 0.267. The predicted molar refractivity (Wildman–Crippen MR) is 156 cm³/mol. The number of rotatable bonds is 7. The van der Waals surface area contributed by atoms with E-state index < -0.39 is 0 Å². The maximum Gasteiger partial charge on any atom is 0.240 e. The number of hydrogen-bond acceptors (Lipinski definition) is 4. The van der Waals surface area contributed by atoms with Crippen molar-refractivity contribution >= 4 is 30.9 Å². The molecule has 1 aliphatic heterocycles. The van der Waals surface area contributed by atoms with Gasteiger partial charge in [0, 0.05) is 24.3 Å². The van der Waals surface area contributed by atoms with Crippen molar-refractivity contribution in [2.75, 3.05) is 26.0 Å². The molecule has 198 valence electrons. The summed E-state index contributed by atoms with van der Waals surface area (Å²) in [4.78, 5) is 22.5. The summed E-state index contributed by atoms with van der Waals surface area (Å²) in [7, 11) is 3.90. The lowest BCUT2D eigenvalue weighted by molar-refractivity contribution is -0.137. The van der Waals surface area contributed by atoms with Crippen LogP contribution in [0.25, 0.3) is 11.3 Å². The average molecular weight is 532 g/mol. The molecule has 0 saturated heterocycles. The number of aryl methyl sites for hydroxylation is 1. The number of aromatic nitrogens is 2. The van der Waals surface area contributed by atoms with Crippen LogP contribution in [0.15, 0.2) is 78.9 Å². The van der Waals surface area contributed by atoms with E-state index in [-0.39, 0.29) is 31.3 Å². The zero-order valence-corrected chi connectivity index (χ0v) is 23.0. The van der Waals surface area contributed by atoms with Gasteiger partial charge in [-0.2, -0.15) is 13.5 Å². The zero-order valence-electron chi connectivity index (χ0n) is 22.0. The number of nitrogens with one attached hydrogen (secondary N) is 1. The molecule has 38 heavy (non-hydrogen) atoms. The van der Waals surface area contributed by atoms with Gasteiger partial charge < -0.3 is 14.8 Å². The van der Waals surface area contributed by atoms with Crippen molar-refractivity contribution in [3.8, 4) is 11.3 Å². The number of likely N-dealkylation sites (N-methyl/N-ethyl adjacent to an activating group) is 1. The first-order valence-corrected chi connectivity index (χ1v) is 12.6. The van der Waals surface area contributed by atoms with Crippen molar-refractivity contribution < 1.29 is 9.18 Å². The van der Waals surface area contributed by atoms with Gasteiger partial charge in [-0.25, -0.2) is 9.37 Å². The van der Waals surface area contributed by atoms with E-state index >= 15 is 0 Å². The second kappa shape index (κ2) is 11.8. The third-order valence-corrected chi connectivity index (χ3v) is 6.90. The van der Waals surface area contributed by atoms with Crippen molar-refractivity contribution in [2.24, 2.45) is 0 Å². The van der Waals surface area contributed by atoms with E-state index in [1.807, 2.05) is 54.2 Å². The van der Waals surface area contributed by atoms with Gasteiger partial charge in [-0.15, -0.1) is 0 Å². The van der Waals surface area contributed by atoms with Crippen molar-refractivity contribution in [3.63, 3.8) is 0 Å². The molecule has 0 spiro atoms. The van der Waals surface area contributed by atoms with Crippen LogP contribution in [0.3, 0.4) is 0 Å². The van der Waals surface area contributed by atoms with Gasteiger partial charge in [0.2, 0.25) is 5.91 Å². The highest BCUT2D eigenvalue weighted by Crippen LogP contribution is 2.33. The SMILES string of the molecule is Cc1ccc(Nc2c(-c3ccc(F)cc3)nc3n2CCN(C(=O)[C@H](Cc2ccccc2)N(C)C)C3)cc1.S. The monoisotopic (exact) mass is 531 g/mol. The van der Waals surface area contributed by atoms with E-state index in [9.17, 15) is 9.18 Å². The van der Waals surface area contributed by atoms with Crippen molar-refractivity contribution in [3.05, 3.63) is 102 Å². The maximum atomic E-state index is 13.7. The number of nitrogens with zero attached hydrogens (tertiary/aromatic N) is 4. The molecule has 6 nitrogen and oxygen atoms in total. The molecule has 0 bridgehead atoms. The van der Waals surface area contributed by atoms with Crippen molar-refractivity contribution in [1.82, 2.24) is 19.4 Å². The Morgan fingerprint density at radius 1 is 1.00 bits per heavy atom. The molecule has 0 unspecified atom stereocenters. The van der Waals surface area contributed by atoms with Crippen LogP contribution < -0.4 is 5.32 Å². The van der Waals surface area contributed by atoms with Crippen LogP contribution in [0.4, 0.5) is 15.9 Å². The molecule has 8 heteroatoms. The Labute approximate surface area is 230 Å². The van der Waals surface area contributed by atoms with Crippen LogP contribution in [0.2, 0.25) is 0 Å². The molecular weight excluding hydrogens is 497 g/mol. The van der Waals surface area contributed by atoms with Crippen LogP contribution in [-0.4, -0.2) is 51.9 Å². The summed E-state index contributed by atoms with van der Waals surface area (Å²) < 4.78 is 15.8. The molecule has 0 radical (unpaired) electrons.